The first-order valence-corrected chi connectivity index (χ1v) is 16.3. The Labute approximate surface area is 244 Å². The first-order chi connectivity index (χ1) is 19.3. The minimum absolute atomic E-state index is 0.183. The maximum atomic E-state index is 13.1. The number of aromatic nitrogens is 3. The van der Waals surface area contributed by atoms with Crippen LogP contribution in [0.1, 0.15) is 72.8 Å². The number of rotatable bonds is 9. The summed E-state index contributed by atoms with van der Waals surface area (Å²) in [6, 6.07) is 6.15. The Hall–Kier alpha value is -2.65. The molecule has 3 aromatic rings. The van der Waals surface area contributed by atoms with Crippen molar-refractivity contribution < 1.29 is 14.3 Å². The summed E-state index contributed by atoms with van der Waals surface area (Å²) in [5.41, 5.74) is 4.70. The van der Waals surface area contributed by atoms with Crippen LogP contribution in [0.4, 0.5) is 5.00 Å². The lowest BCUT2D eigenvalue weighted by atomic mass is 9.49. The first kappa shape index (κ1) is 27.5. The number of carbonyl (C=O) groups is 2. The molecule has 0 radical (unpaired) electrons. The molecule has 0 unspecified atom stereocenters. The number of aryl methyl sites for hydroxylation is 2. The summed E-state index contributed by atoms with van der Waals surface area (Å²) in [5, 5.41) is 15.3. The highest BCUT2D eigenvalue weighted by Crippen LogP contribution is 2.61. The molecule has 4 bridgehead atoms. The van der Waals surface area contributed by atoms with Gasteiger partial charge in [0.15, 0.2) is 5.16 Å². The van der Waals surface area contributed by atoms with E-state index in [9.17, 15) is 9.59 Å². The molecular formula is C31H38N4O3S2. The van der Waals surface area contributed by atoms with E-state index in [-0.39, 0.29) is 11.7 Å². The van der Waals surface area contributed by atoms with Gasteiger partial charge in [-0.05, 0) is 93.6 Å². The number of anilines is 1. The van der Waals surface area contributed by atoms with Gasteiger partial charge in [0.1, 0.15) is 16.4 Å². The average Bonchev–Trinajstić information content (AvgIpc) is 3.50. The second kappa shape index (κ2) is 11.0. The minimum atomic E-state index is -0.458. The molecule has 4 fully saturated rings. The predicted molar refractivity (Wildman–Crippen MR) is 160 cm³/mol. The third kappa shape index (κ3) is 5.22. The van der Waals surface area contributed by atoms with Crippen molar-refractivity contribution in [2.75, 3.05) is 18.2 Å². The molecule has 1 N–H and O–H groups in total. The molecule has 0 aliphatic heterocycles. The highest BCUT2D eigenvalue weighted by atomic mass is 32.2. The maximum absolute atomic E-state index is 13.1. The third-order valence-corrected chi connectivity index (χ3v) is 11.1. The van der Waals surface area contributed by atoms with Gasteiger partial charge in [-0.1, -0.05) is 35.5 Å². The quantitative estimate of drug-likeness (QED) is 0.219. The maximum Gasteiger partial charge on any atom is 0.341 e. The summed E-state index contributed by atoms with van der Waals surface area (Å²) >= 11 is 2.75. The first-order valence-electron chi connectivity index (χ1n) is 14.4. The molecule has 2 heterocycles. The van der Waals surface area contributed by atoms with Gasteiger partial charge in [-0.3, -0.25) is 4.79 Å². The van der Waals surface area contributed by atoms with Gasteiger partial charge in [0.25, 0.3) is 0 Å². The number of thioether (sulfide) groups is 1. The summed E-state index contributed by atoms with van der Waals surface area (Å²) < 4.78 is 7.30. The Balaban J connectivity index is 1.15. The number of hydrogen-bond donors (Lipinski definition) is 1. The SMILES string of the molecule is CCn1c(CC23CC4CC(CC(C4)C2)C3)nnc1SCC(=O)Nc1scc(-c2cc(C)ccc2C)c1C(=O)OC. The van der Waals surface area contributed by atoms with Crippen LogP contribution in [0.5, 0.6) is 0 Å². The van der Waals surface area contributed by atoms with Gasteiger partial charge in [0.05, 0.1) is 12.9 Å². The molecule has 4 aliphatic carbocycles. The van der Waals surface area contributed by atoms with Crippen LogP contribution in [-0.2, 0) is 22.5 Å². The van der Waals surface area contributed by atoms with E-state index in [0.717, 1.165) is 64.0 Å². The van der Waals surface area contributed by atoms with Crippen LogP contribution in [0, 0.1) is 37.0 Å². The molecule has 40 heavy (non-hydrogen) atoms. The van der Waals surface area contributed by atoms with Gasteiger partial charge in [0.2, 0.25) is 5.91 Å². The van der Waals surface area contributed by atoms with Crippen LogP contribution >= 0.6 is 23.1 Å². The fraction of sp³-hybridized carbons (Fsp3) is 0.548. The normalized spacial score (nSPS) is 24.9. The van der Waals surface area contributed by atoms with Gasteiger partial charge in [-0.25, -0.2) is 4.79 Å². The largest absolute Gasteiger partial charge is 0.465 e. The zero-order valence-electron chi connectivity index (χ0n) is 23.8. The molecule has 0 spiro atoms. The van der Waals surface area contributed by atoms with E-state index in [0.29, 0.717) is 16.0 Å². The fourth-order valence-electron chi connectivity index (χ4n) is 7.99. The molecule has 0 atom stereocenters. The zero-order valence-corrected chi connectivity index (χ0v) is 25.4. The lowest BCUT2D eigenvalue weighted by Gasteiger charge is -2.56. The van der Waals surface area contributed by atoms with Crippen molar-refractivity contribution in [3.63, 3.8) is 0 Å². The van der Waals surface area contributed by atoms with Crippen molar-refractivity contribution in [2.24, 2.45) is 23.2 Å². The van der Waals surface area contributed by atoms with E-state index in [1.54, 1.807) is 0 Å². The van der Waals surface area contributed by atoms with Gasteiger partial charge < -0.3 is 14.6 Å². The number of nitrogens with zero attached hydrogens (tertiary/aromatic N) is 3. The second-order valence-corrected chi connectivity index (χ2v) is 14.1. The van der Waals surface area contributed by atoms with Crippen molar-refractivity contribution in [3.05, 3.63) is 46.1 Å². The Morgan fingerprint density at radius 2 is 1.80 bits per heavy atom. The van der Waals surface area contributed by atoms with Crippen LogP contribution in [-0.4, -0.2) is 39.5 Å². The molecule has 7 nitrogen and oxygen atoms in total. The predicted octanol–water partition coefficient (Wildman–Crippen LogP) is 6.92. The van der Waals surface area contributed by atoms with Crippen molar-refractivity contribution in [1.82, 2.24) is 14.8 Å². The smallest absolute Gasteiger partial charge is 0.341 e. The van der Waals surface area contributed by atoms with Crippen molar-refractivity contribution in [1.29, 1.82) is 0 Å². The van der Waals surface area contributed by atoms with Crippen molar-refractivity contribution >= 4 is 40.0 Å². The van der Waals surface area contributed by atoms with Gasteiger partial charge >= 0.3 is 5.97 Å². The average molecular weight is 579 g/mol. The summed E-state index contributed by atoms with van der Waals surface area (Å²) in [6.45, 7) is 6.95. The van der Waals surface area contributed by atoms with E-state index in [4.69, 9.17) is 4.74 Å². The Kier molecular flexibility index (Phi) is 7.55. The van der Waals surface area contributed by atoms with Gasteiger partial charge in [0, 0.05) is 23.9 Å². The number of amides is 1. The number of carbonyl (C=O) groups excluding carboxylic acids is 2. The van der Waals surface area contributed by atoms with Gasteiger partial charge in [-0.2, -0.15) is 0 Å². The molecule has 4 saturated carbocycles. The monoisotopic (exact) mass is 578 g/mol. The molecule has 9 heteroatoms. The molecule has 1 aromatic carbocycles. The Bertz CT molecular complexity index is 1410. The van der Waals surface area contributed by atoms with Crippen molar-refractivity contribution in [3.8, 4) is 11.1 Å². The molecule has 2 aromatic heterocycles. The van der Waals surface area contributed by atoms with Crippen LogP contribution in [0.3, 0.4) is 0 Å². The number of hydrogen-bond acceptors (Lipinski definition) is 7. The molecule has 0 saturated heterocycles. The topological polar surface area (TPSA) is 86.1 Å². The van der Waals surface area contributed by atoms with Crippen molar-refractivity contribution in [2.45, 2.75) is 77.4 Å². The van der Waals surface area contributed by atoms with Crippen LogP contribution in [0.2, 0.25) is 0 Å². The Morgan fingerprint density at radius 1 is 1.10 bits per heavy atom. The number of methoxy groups -OCH3 is 1. The number of thiophene rings is 1. The zero-order chi connectivity index (χ0) is 28.0. The van der Waals surface area contributed by atoms with Crippen LogP contribution in [0.15, 0.2) is 28.7 Å². The minimum Gasteiger partial charge on any atom is -0.465 e. The van der Waals surface area contributed by atoms with Gasteiger partial charge in [-0.15, -0.1) is 21.5 Å². The fourth-order valence-corrected chi connectivity index (χ4v) is 9.77. The number of esters is 1. The van der Waals surface area contributed by atoms with E-state index >= 15 is 0 Å². The summed E-state index contributed by atoms with van der Waals surface area (Å²) in [4.78, 5) is 25.9. The Morgan fingerprint density at radius 3 is 2.45 bits per heavy atom. The number of ether oxygens (including phenoxy) is 1. The third-order valence-electron chi connectivity index (χ3n) is 9.26. The second-order valence-electron chi connectivity index (χ2n) is 12.2. The van der Waals surface area contributed by atoms with E-state index < -0.39 is 5.97 Å². The molecule has 7 rings (SSSR count). The highest BCUT2D eigenvalue weighted by Gasteiger charge is 2.51. The summed E-state index contributed by atoms with van der Waals surface area (Å²) in [5.74, 6) is 3.33. The molecule has 1 amide bonds. The number of nitrogens with one attached hydrogen (secondary N) is 1. The molecule has 212 valence electrons. The highest BCUT2D eigenvalue weighted by molar-refractivity contribution is 7.99. The standard InChI is InChI=1S/C31H38N4O3S2/c1-5-35-25(15-31-12-20-9-21(13-31)11-22(10-20)14-31)33-34-30(35)40-17-26(36)32-28-27(29(37)38-4)24(16-39-28)23-8-18(2)6-7-19(23)3/h6-8,16,20-22H,5,9-15,17H2,1-4H3,(H,32,36). The summed E-state index contributed by atoms with van der Waals surface area (Å²) in [7, 11) is 1.37. The van der Waals surface area contributed by atoms with E-state index in [1.165, 1.54) is 68.7 Å². The van der Waals surface area contributed by atoms with Crippen LogP contribution < -0.4 is 5.32 Å². The molecular weight excluding hydrogens is 541 g/mol. The lowest BCUT2D eigenvalue weighted by Crippen LogP contribution is -2.47. The lowest BCUT2D eigenvalue weighted by molar-refractivity contribution is -0.113. The number of benzene rings is 1. The van der Waals surface area contributed by atoms with E-state index in [1.807, 2.05) is 31.4 Å². The van der Waals surface area contributed by atoms with Crippen LogP contribution in [0.25, 0.3) is 11.1 Å². The molecule has 4 aliphatic rings. The van der Waals surface area contributed by atoms with E-state index in [2.05, 4.69) is 33.1 Å². The summed E-state index contributed by atoms with van der Waals surface area (Å²) in [6.07, 6.45) is 9.33.